The average molecular weight is 262 g/mol. The summed E-state index contributed by atoms with van der Waals surface area (Å²) in [5.41, 5.74) is 14.6. The van der Waals surface area contributed by atoms with Crippen molar-refractivity contribution in [1.82, 2.24) is 9.97 Å². The van der Waals surface area contributed by atoms with Crippen LogP contribution in [-0.4, -0.2) is 9.97 Å². The van der Waals surface area contributed by atoms with Crippen LogP contribution < -0.4 is 11.5 Å². The third-order valence-corrected chi connectivity index (χ3v) is 3.02. The molecular weight excluding hydrogens is 248 g/mol. The second-order valence-electron chi connectivity index (χ2n) is 4.45. The Bertz CT molecular complexity index is 718. The van der Waals surface area contributed by atoms with Crippen LogP contribution in [0.1, 0.15) is 0 Å². The molecule has 4 heteroatoms. The van der Waals surface area contributed by atoms with Crippen molar-refractivity contribution in [2.45, 2.75) is 0 Å². The topological polar surface area (TPSA) is 77.8 Å². The molecule has 4 N–H and O–H groups in total. The fourth-order valence-corrected chi connectivity index (χ4v) is 2.15. The Labute approximate surface area is 117 Å². The van der Waals surface area contributed by atoms with Crippen molar-refractivity contribution in [3.05, 3.63) is 60.7 Å². The molecule has 0 radical (unpaired) electrons. The van der Waals surface area contributed by atoms with E-state index in [9.17, 15) is 0 Å². The summed E-state index contributed by atoms with van der Waals surface area (Å²) in [6.45, 7) is 0. The van der Waals surface area contributed by atoms with Gasteiger partial charge in [0.05, 0.1) is 0 Å². The van der Waals surface area contributed by atoms with E-state index in [-0.39, 0.29) is 0 Å². The van der Waals surface area contributed by atoms with E-state index in [4.69, 9.17) is 11.5 Å². The molecule has 3 aromatic rings. The molecule has 1 aromatic heterocycles. The van der Waals surface area contributed by atoms with Gasteiger partial charge in [-0.3, -0.25) is 0 Å². The Morgan fingerprint density at radius 3 is 1.85 bits per heavy atom. The van der Waals surface area contributed by atoms with Crippen LogP contribution in [0, 0.1) is 0 Å². The molecule has 2 aromatic carbocycles. The number of nitrogen functional groups attached to an aromatic ring is 2. The van der Waals surface area contributed by atoms with Crippen LogP contribution in [0.3, 0.4) is 0 Å². The molecule has 0 spiro atoms. The highest BCUT2D eigenvalue weighted by Crippen LogP contribution is 2.30. The summed E-state index contributed by atoms with van der Waals surface area (Å²) in [6, 6.07) is 19.6. The lowest BCUT2D eigenvalue weighted by Gasteiger charge is -2.09. The van der Waals surface area contributed by atoms with Crippen LogP contribution in [0.15, 0.2) is 60.7 Å². The Hall–Kier alpha value is -2.88. The molecule has 0 unspecified atom stereocenters. The molecule has 0 aliphatic heterocycles. The maximum Gasteiger partial charge on any atom is 0.164 e. The minimum Gasteiger partial charge on any atom is -0.384 e. The van der Waals surface area contributed by atoms with Gasteiger partial charge < -0.3 is 11.5 Å². The fourth-order valence-electron chi connectivity index (χ4n) is 2.15. The smallest absolute Gasteiger partial charge is 0.164 e. The van der Waals surface area contributed by atoms with E-state index in [2.05, 4.69) is 22.1 Å². The van der Waals surface area contributed by atoms with Crippen LogP contribution in [0.25, 0.3) is 22.5 Å². The number of anilines is 2. The van der Waals surface area contributed by atoms with Gasteiger partial charge in [-0.1, -0.05) is 54.6 Å². The van der Waals surface area contributed by atoms with Gasteiger partial charge in [-0.25, -0.2) is 9.97 Å². The van der Waals surface area contributed by atoms with Crippen molar-refractivity contribution in [1.29, 1.82) is 0 Å². The number of aromatic nitrogens is 2. The van der Waals surface area contributed by atoms with Crippen molar-refractivity contribution in [2.75, 3.05) is 11.5 Å². The van der Waals surface area contributed by atoms with Gasteiger partial charge in [0.1, 0.15) is 11.6 Å². The highest BCUT2D eigenvalue weighted by atomic mass is 15.0. The highest BCUT2D eigenvalue weighted by molar-refractivity contribution is 5.81. The molecule has 0 saturated heterocycles. The van der Waals surface area contributed by atoms with Gasteiger partial charge in [-0.2, -0.15) is 0 Å². The van der Waals surface area contributed by atoms with Gasteiger partial charge in [0.2, 0.25) is 0 Å². The quantitative estimate of drug-likeness (QED) is 0.744. The van der Waals surface area contributed by atoms with Crippen molar-refractivity contribution in [3.63, 3.8) is 0 Å². The zero-order chi connectivity index (χ0) is 13.9. The molecule has 4 nitrogen and oxygen atoms in total. The number of hydrogen-bond donors (Lipinski definition) is 2. The standard InChI is InChI=1S/C16H14N4/c17-14-10-15(18)20-16(19-14)13-9-5-4-8-12(13)11-6-2-1-3-7-11/h1-10H,(H4,17,18,19,20). The fraction of sp³-hybridized carbons (Fsp3) is 0. The number of benzene rings is 2. The number of nitrogens with two attached hydrogens (primary N) is 2. The first-order valence-electron chi connectivity index (χ1n) is 6.29. The van der Waals surface area contributed by atoms with Gasteiger partial charge >= 0.3 is 0 Å². The lowest BCUT2D eigenvalue weighted by atomic mass is 9.99. The first-order chi connectivity index (χ1) is 9.74. The van der Waals surface area contributed by atoms with Crippen molar-refractivity contribution in [2.24, 2.45) is 0 Å². The molecule has 0 bridgehead atoms. The van der Waals surface area contributed by atoms with Crippen molar-refractivity contribution < 1.29 is 0 Å². The molecule has 98 valence electrons. The zero-order valence-electron chi connectivity index (χ0n) is 10.8. The molecule has 0 aliphatic rings. The summed E-state index contributed by atoms with van der Waals surface area (Å²) in [6.07, 6.45) is 0. The molecule has 0 amide bonds. The lowest BCUT2D eigenvalue weighted by Crippen LogP contribution is -2.00. The first-order valence-corrected chi connectivity index (χ1v) is 6.29. The summed E-state index contributed by atoms with van der Waals surface area (Å²) in [5.74, 6) is 1.28. The van der Waals surface area contributed by atoms with E-state index in [0.717, 1.165) is 16.7 Å². The predicted molar refractivity (Wildman–Crippen MR) is 81.7 cm³/mol. The number of nitrogens with zero attached hydrogens (tertiary/aromatic N) is 2. The van der Waals surface area contributed by atoms with Gasteiger partial charge in [0.15, 0.2) is 5.82 Å². The van der Waals surface area contributed by atoms with E-state index in [1.807, 2.05) is 42.5 Å². The Kier molecular flexibility index (Phi) is 3.05. The summed E-state index contributed by atoms with van der Waals surface area (Å²) in [7, 11) is 0. The molecule has 0 aliphatic carbocycles. The second-order valence-corrected chi connectivity index (χ2v) is 4.45. The maximum absolute atomic E-state index is 5.75. The lowest BCUT2D eigenvalue weighted by molar-refractivity contribution is 1.19. The van der Waals surface area contributed by atoms with Crippen LogP contribution >= 0.6 is 0 Å². The predicted octanol–water partition coefficient (Wildman–Crippen LogP) is 2.98. The van der Waals surface area contributed by atoms with Gasteiger partial charge in [0.25, 0.3) is 0 Å². The van der Waals surface area contributed by atoms with Gasteiger partial charge in [-0.15, -0.1) is 0 Å². The first kappa shape index (κ1) is 12.2. The SMILES string of the molecule is Nc1cc(N)nc(-c2ccccc2-c2ccccc2)n1. The third-order valence-electron chi connectivity index (χ3n) is 3.02. The number of rotatable bonds is 2. The highest BCUT2D eigenvalue weighted by Gasteiger charge is 2.10. The molecule has 0 atom stereocenters. The van der Waals surface area contributed by atoms with Crippen LogP contribution in [-0.2, 0) is 0 Å². The summed E-state index contributed by atoms with van der Waals surface area (Å²) in [5, 5.41) is 0. The largest absolute Gasteiger partial charge is 0.384 e. The minimum absolute atomic E-state index is 0.371. The normalized spacial score (nSPS) is 10.4. The average Bonchev–Trinajstić information content (AvgIpc) is 2.47. The molecule has 0 saturated carbocycles. The summed E-state index contributed by atoms with van der Waals surface area (Å²) >= 11 is 0. The number of hydrogen-bond acceptors (Lipinski definition) is 4. The Balaban J connectivity index is 2.20. The molecule has 1 heterocycles. The van der Waals surface area contributed by atoms with Crippen molar-refractivity contribution in [3.8, 4) is 22.5 Å². The Morgan fingerprint density at radius 2 is 1.20 bits per heavy atom. The molecule has 0 fully saturated rings. The molecule has 20 heavy (non-hydrogen) atoms. The van der Waals surface area contributed by atoms with Crippen LogP contribution in [0.5, 0.6) is 0 Å². The van der Waals surface area contributed by atoms with Gasteiger partial charge in [0, 0.05) is 11.6 Å². The van der Waals surface area contributed by atoms with Crippen molar-refractivity contribution >= 4 is 11.6 Å². The molecular formula is C16H14N4. The molecule has 3 rings (SSSR count). The van der Waals surface area contributed by atoms with Crippen LogP contribution in [0.4, 0.5) is 11.6 Å². The summed E-state index contributed by atoms with van der Waals surface area (Å²) < 4.78 is 0. The Morgan fingerprint density at radius 1 is 0.650 bits per heavy atom. The summed E-state index contributed by atoms with van der Waals surface area (Å²) in [4.78, 5) is 8.55. The third kappa shape index (κ3) is 2.31. The van der Waals surface area contributed by atoms with E-state index in [1.165, 1.54) is 0 Å². The minimum atomic E-state index is 0.371. The van der Waals surface area contributed by atoms with E-state index in [0.29, 0.717) is 17.5 Å². The van der Waals surface area contributed by atoms with Crippen LogP contribution in [0.2, 0.25) is 0 Å². The van der Waals surface area contributed by atoms with E-state index >= 15 is 0 Å². The van der Waals surface area contributed by atoms with E-state index < -0.39 is 0 Å². The van der Waals surface area contributed by atoms with E-state index in [1.54, 1.807) is 6.07 Å². The monoisotopic (exact) mass is 262 g/mol. The van der Waals surface area contributed by atoms with Gasteiger partial charge in [-0.05, 0) is 11.1 Å². The second kappa shape index (κ2) is 5.01. The maximum atomic E-state index is 5.75. The zero-order valence-corrected chi connectivity index (χ0v) is 10.8.